The van der Waals surface area contributed by atoms with E-state index in [0.29, 0.717) is 6.54 Å². The second-order valence-corrected chi connectivity index (χ2v) is 6.54. The van der Waals surface area contributed by atoms with Gasteiger partial charge in [0.2, 0.25) is 0 Å². The number of guanidine groups is 1. The van der Waals surface area contributed by atoms with E-state index in [9.17, 15) is 5.11 Å². The Hall–Kier alpha value is -0.420. The first-order chi connectivity index (χ1) is 7.98. The van der Waals surface area contributed by atoms with E-state index in [4.69, 9.17) is 0 Å². The molecule has 5 heteroatoms. The van der Waals surface area contributed by atoms with E-state index in [1.165, 1.54) is 0 Å². The van der Waals surface area contributed by atoms with E-state index in [-0.39, 0.29) is 10.9 Å². The van der Waals surface area contributed by atoms with Gasteiger partial charge in [-0.2, -0.15) is 11.8 Å². The third-order valence-electron chi connectivity index (χ3n) is 2.96. The number of aliphatic hydroxyl groups excluding tert-OH is 1. The number of hydrogen-bond donors (Lipinski definition) is 2. The summed E-state index contributed by atoms with van der Waals surface area (Å²) in [6, 6.07) is 0. The monoisotopic (exact) mass is 259 g/mol. The molecule has 2 N–H and O–H groups in total. The summed E-state index contributed by atoms with van der Waals surface area (Å²) in [5.74, 6) is 0.936. The number of β-amino-alcohol motifs (C(OH)–C–C–N with tert-alkyl or cyclic N) is 1. The molecule has 1 aliphatic rings. The van der Waals surface area contributed by atoms with Gasteiger partial charge in [0.05, 0.1) is 12.6 Å². The van der Waals surface area contributed by atoms with Crippen LogP contribution in [0.15, 0.2) is 4.99 Å². The predicted octanol–water partition coefficient (Wildman–Crippen LogP) is 1.16. The molecule has 0 aromatic rings. The third-order valence-corrected chi connectivity index (χ3v) is 4.19. The number of thioether (sulfide) groups is 1. The van der Waals surface area contributed by atoms with Crippen LogP contribution in [0.5, 0.6) is 0 Å². The van der Waals surface area contributed by atoms with Crippen molar-refractivity contribution in [1.82, 2.24) is 10.2 Å². The largest absolute Gasteiger partial charge is 0.391 e. The van der Waals surface area contributed by atoms with Gasteiger partial charge in [-0.3, -0.25) is 4.99 Å². The average molecular weight is 259 g/mol. The van der Waals surface area contributed by atoms with Gasteiger partial charge in [-0.15, -0.1) is 0 Å². The van der Waals surface area contributed by atoms with Crippen molar-refractivity contribution >= 4 is 17.7 Å². The van der Waals surface area contributed by atoms with E-state index in [0.717, 1.165) is 32.0 Å². The first kappa shape index (κ1) is 14.6. The second kappa shape index (κ2) is 6.50. The summed E-state index contributed by atoms with van der Waals surface area (Å²) in [6.07, 6.45) is 2.76. The highest BCUT2D eigenvalue weighted by atomic mass is 32.2. The lowest BCUT2D eigenvalue weighted by Crippen LogP contribution is -2.41. The van der Waals surface area contributed by atoms with Crippen LogP contribution in [0.1, 0.15) is 27.2 Å². The lowest BCUT2D eigenvalue weighted by atomic mass is 10.2. The summed E-state index contributed by atoms with van der Waals surface area (Å²) in [4.78, 5) is 6.82. The minimum atomic E-state index is -0.201. The molecule has 1 heterocycles. The number of rotatable bonds is 4. The zero-order chi connectivity index (χ0) is 12.9. The molecule has 0 bridgehead atoms. The van der Waals surface area contributed by atoms with Crippen LogP contribution in [0, 0.1) is 0 Å². The van der Waals surface area contributed by atoms with Crippen LogP contribution < -0.4 is 5.32 Å². The lowest BCUT2D eigenvalue weighted by molar-refractivity contribution is 0.188. The normalized spacial score (nSPS) is 22.1. The Morgan fingerprint density at radius 1 is 1.59 bits per heavy atom. The Morgan fingerprint density at radius 3 is 2.76 bits per heavy atom. The Bertz CT molecular complexity index is 268. The number of aliphatic hydroxyl groups is 1. The summed E-state index contributed by atoms with van der Waals surface area (Å²) in [5.41, 5.74) is 0. The van der Waals surface area contributed by atoms with Crippen molar-refractivity contribution in [3.63, 3.8) is 0 Å². The Morgan fingerprint density at radius 2 is 2.29 bits per heavy atom. The summed E-state index contributed by atoms with van der Waals surface area (Å²) < 4.78 is 0.166. The summed E-state index contributed by atoms with van der Waals surface area (Å²) in [7, 11) is 0. The van der Waals surface area contributed by atoms with Crippen LogP contribution >= 0.6 is 11.8 Å². The van der Waals surface area contributed by atoms with Crippen molar-refractivity contribution in [2.75, 3.05) is 32.4 Å². The van der Waals surface area contributed by atoms with E-state index >= 15 is 0 Å². The summed E-state index contributed by atoms with van der Waals surface area (Å²) in [5, 5.41) is 12.9. The fourth-order valence-electron chi connectivity index (χ4n) is 1.69. The lowest BCUT2D eigenvalue weighted by Gasteiger charge is -2.24. The molecule has 0 amide bonds. The van der Waals surface area contributed by atoms with Crippen LogP contribution in [0.2, 0.25) is 0 Å². The first-order valence-corrected chi connectivity index (χ1v) is 7.47. The molecule has 17 heavy (non-hydrogen) atoms. The predicted molar refractivity (Wildman–Crippen MR) is 75.8 cm³/mol. The fraction of sp³-hybridized carbons (Fsp3) is 0.917. The number of nitrogens with zero attached hydrogens (tertiary/aromatic N) is 2. The SMILES string of the molecule is CCNC(=NCC(C)(C)SC)N1CC[C@@H](O)C1. The highest BCUT2D eigenvalue weighted by molar-refractivity contribution is 7.99. The van der Waals surface area contributed by atoms with Crippen LogP contribution in [-0.4, -0.2) is 59.3 Å². The van der Waals surface area contributed by atoms with E-state index in [1.54, 1.807) is 0 Å². The molecule has 0 aromatic heterocycles. The van der Waals surface area contributed by atoms with Gasteiger partial charge in [-0.05, 0) is 33.4 Å². The molecule has 0 radical (unpaired) electrons. The molecule has 1 saturated heterocycles. The maximum atomic E-state index is 9.56. The molecule has 0 aromatic carbocycles. The molecule has 0 unspecified atom stereocenters. The first-order valence-electron chi connectivity index (χ1n) is 6.25. The van der Waals surface area contributed by atoms with Crippen LogP contribution in [0.3, 0.4) is 0 Å². The van der Waals surface area contributed by atoms with Gasteiger partial charge in [0.25, 0.3) is 0 Å². The van der Waals surface area contributed by atoms with Gasteiger partial charge in [-0.25, -0.2) is 0 Å². The minimum Gasteiger partial charge on any atom is -0.391 e. The number of nitrogens with one attached hydrogen (secondary N) is 1. The van der Waals surface area contributed by atoms with E-state index < -0.39 is 0 Å². The standard InChI is InChI=1S/C12H25N3OS/c1-5-13-11(14-9-12(2,3)17-4)15-7-6-10(16)8-15/h10,16H,5-9H2,1-4H3,(H,13,14)/t10-/m1/s1. The van der Waals surface area contributed by atoms with E-state index in [2.05, 4.69) is 42.2 Å². The van der Waals surface area contributed by atoms with Crippen molar-refractivity contribution in [2.24, 2.45) is 4.99 Å². The highest BCUT2D eigenvalue weighted by Gasteiger charge is 2.23. The van der Waals surface area contributed by atoms with Crippen molar-refractivity contribution < 1.29 is 5.11 Å². The summed E-state index contributed by atoms with van der Waals surface area (Å²) >= 11 is 1.83. The maximum Gasteiger partial charge on any atom is 0.194 e. The average Bonchev–Trinajstić information content (AvgIpc) is 2.71. The van der Waals surface area contributed by atoms with Gasteiger partial charge in [0.1, 0.15) is 0 Å². The van der Waals surface area contributed by atoms with Gasteiger partial charge in [-0.1, -0.05) is 0 Å². The second-order valence-electron chi connectivity index (χ2n) is 5.02. The Balaban J connectivity index is 2.61. The molecule has 1 aliphatic heterocycles. The number of hydrogen-bond acceptors (Lipinski definition) is 3. The highest BCUT2D eigenvalue weighted by Crippen LogP contribution is 2.21. The van der Waals surface area contributed by atoms with Crippen molar-refractivity contribution in [1.29, 1.82) is 0 Å². The molecule has 100 valence electrons. The Labute approximate surface area is 109 Å². The molecule has 4 nitrogen and oxygen atoms in total. The molecule has 1 rings (SSSR count). The van der Waals surface area contributed by atoms with Crippen LogP contribution in [-0.2, 0) is 0 Å². The molecule has 0 aliphatic carbocycles. The van der Waals surface area contributed by atoms with Crippen LogP contribution in [0.25, 0.3) is 0 Å². The topological polar surface area (TPSA) is 47.9 Å². The van der Waals surface area contributed by atoms with Crippen molar-refractivity contribution in [2.45, 2.75) is 38.0 Å². The molecule has 1 atom stereocenters. The molecule has 0 spiro atoms. The van der Waals surface area contributed by atoms with Crippen LogP contribution in [0.4, 0.5) is 0 Å². The third kappa shape index (κ3) is 4.76. The molecule has 0 saturated carbocycles. The molecule has 1 fully saturated rings. The van der Waals surface area contributed by atoms with Gasteiger partial charge < -0.3 is 15.3 Å². The van der Waals surface area contributed by atoms with Crippen molar-refractivity contribution in [3.05, 3.63) is 0 Å². The Kier molecular flexibility index (Phi) is 5.59. The quantitative estimate of drug-likeness (QED) is 0.587. The molecular weight excluding hydrogens is 234 g/mol. The smallest absolute Gasteiger partial charge is 0.194 e. The zero-order valence-corrected chi connectivity index (χ0v) is 12.2. The van der Waals surface area contributed by atoms with Crippen molar-refractivity contribution in [3.8, 4) is 0 Å². The minimum absolute atomic E-state index is 0.166. The van der Waals surface area contributed by atoms with Gasteiger partial charge >= 0.3 is 0 Å². The van der Waals surface area contributed by atoms with Gasteiger partial charge in [0, 0.05) is 24.4 Å². The zero-order valence-electron chi connectivity index (χ0n) is 11.4. The number of aliphatic imine (C=N–C) groups is 1. The number of likely N-dealkylation sites (tertiary alicyclic amines) is 1. The van der Waals surface area contributed by atoms with E-state index in [1.807, 2.05) is 11.8 Å². The fourth-order valence-corrected chi connectivity index (χ4v) is 1.88. The molecular formula is C12H25N3OS. The van der Waals surface area contributed by atoms with Gasteiger partial charge in [0.15, 0.2) is 5.96 Å². The maximum absolute atomic E-state index is 9.56. The summed E-state index contributed by atoms with van der Waals surface area (Å²) in [6.45, 7) is 9.72.